The number of carbonyl (C=O) groups excluding carboxylic acids is 1. The van der Waals surface area contributed by atoms with Crippen molar-refractivity contribution in [1.29, 1.82) is 0 Å². The lowest BCUT2D eigenvalue weighted by molar-refractivity contribution is -0.137. The van der Waals surface area contributed by atoms with Gasteiger partial charge in [0.15, 0.2) is 0 Å². The molecule has 1 unspecified atom stereocenters. The van der Waals surface area contributed by atoms with E-state index >= 15 is 0 Å². The minimum absolute atomic E-state index is 0.182. The van der Waals surface area contributed by atoms with E-state index in [1.807, 2.05) is 0 Å². The number of carbonyl (C=O) groups is 1. The molecular formula is C14H13F3N4OS. The molecule has 0 bridgehead atoms. The molecule has 1 atom stereocenters. The van der Waals surface area contributed by atoms with Crippen molar-refractivity contribution in [1.82, 2.24) is 15.1 Å². The van der Waals surface area contributed by atoms with Crippen molar-refractivity contribution < 1.29 is 18.0 Å². The molecule has 1 saturated heterocycles. The Kier molecular flexibility index (Phi) is 4.31. The van der Waals surface area contributed by atoms with Crippen LogP contribution < -0.4 is 10.6 Å². The highest BCUT2D eigenvalue weighted by molar-refractivity contribution is 7.99. The lowest BCUT2D eigenvalue weighted by Crippen LogP contribution is -2.37. The molecule has 2 heterocycles. The maximum Gasteiger partial charge on any atom is 0.416 e. The van der Waals surface area contributed by atoms with Gasteiger partial charge in [0.2, 0.25) is 5.91 Å². The number of aromatic nitrogens is 2. The summed E-state index contributed by atoms with van der Waals surface area (Å²) in [5.74, 6) is 1.23. The molecule has 2 N–H and O–H groups in total. The average molecular weight is 342 g/mol. The SMILES string of the molecule is O=C(Nc1cnn(-c2cccc(C(F)(F)F)c2)c1)C1CSCN1. The smallest absolute Gasteiger partial charge is 0.322 e. The van der Waals surface area contributed by atoms with Crippen LogP contribution in [-0.4, -0.2) is 33.4 Å². The average Bonchev–Trinajstić information content (AvgIpc) is 3.18. The van der Waals surface area contributed by atoms with Gasteiger partial charge >= 0.3 is 6.18 Å². The summed E-state index contributed by atoms with van der Waals surface area (Å²) in [7, 11) is 0. The standard InChI is InChI=1S/C14H13F3N4OS/c15-14(16,17)9-2-1-3-11(4-9)21-6-10(5-19-21)20-13(22)12-7-23-8-18-12/h1-6,12,18H,7-8H2,(H,20,22). The monoisotopic (exact) mass is 342 g/mol. The highest BCUT2D eigenvalue weighted by Gasteiger charge is 2.30. The van der Waals surface area contributed by atoms with Gasteiger partial charge in [0.25, 0.3) is 0 Å². The first kappa shape index (κ1) is 15.9. The number of nitrogens with one attached hydrogen (secondary N) is 2. The van der Waals surface area contributed by atoms with Gasteiger partial charge in [0, 0.05) is 11.6 Å². The third-order valence-electron chi connectivity index (χ3n) is 3.32. The zero-order chi connectivity index (χ0) is 16.4. The van der Waals surface area contributed by atoms with E-state index < -0.39 is 11.7 Å². The summed E-state index contributed by atoms with van der Waals surface area (Å²) < 4.78 is 39.5. The van der Waals surface area contributed by atoms with E-state index in [1.165, 1.54) is 29.2 Å². The molecule has 1 aromatic carbocycles. The maximum absolute atomic E-state index is 12.7. The normalized spacial score (nSPS) is 18.1. The highest BCUT2D eigenvalue weighted by atomic mass is 32.2. The molecule has 0 spiro atoms. The van der Waals surface area contributed by atoms with E-state index in [1.54, 1.807) is 11.8 Å². The molecule has 0 radical (unpaired) electrons. The van der Waals surface area contributed by atoms with E-state index in [0.717, 1.165) is 18.0 Å². The molecule has 0 aliphatic carbocycles. The lowest BCUT2D eigenvalue weighted by atomic mass is 10.2. The Morgan fingerprint density at radius 1 is 1.43 bits per heavy atom. The Hall–Kier alpha value is -2.00. The number of alkyl halides is 3. The molecule has 1 aliphatic heterocycles. The number of hydrogen-bond donors (Lipinski definition) is 2. The summed E-state index contributed by atoms with van der Waals surface area (Å²) in [6.45, 7) is 0. The van der Waals surface area contributed by atoms with Crippen LogP contribution in [0.4, 0.5) is 18.9 Å². The first-order valence-electron chi connectivity index (χ1n) is 6.78. The number of anilines is 1. The Morgan fingerprint density at radius 2 is 2.26 bits per heavy atom. The van der Waals surface area contributed by atoms with Crippen molar-refractivity contribution in [3.05, 3.63) is 42.2 Å². The topological polar surface area (TPSA) is 59.0 Å². The third-order valence-corrected chi connectivity index (χ3v) is 4.26. The van der Waals surface area contributed by atoms with Crippen LogP contribution in [0.25, 0.3) is 5.69 Å². The van der Waals surface area contributed by atoms with Gasteiger partial charge < -0.3 is 5.32 Å². The lowest BCUT2D eigenvalue weighted by Gasteiger charge is -2.09. The van der Waals surface area contributed by atoms with Crippen LogP contribution in [0.3, 0.4) is 0 Å². The fourth-order valence-corrected chi connectivity index (χ4v) is 3.09. The number of benzene rings is 1. The van der Waals surface area contributed by atoms with Gasteiger partial charge in [-0.2, -0.15) is 18.3 Å². The van der Waals surface area contributed by atoms with Gasteiger partial charge in [-0.25, -0.2) is 4.68 Å². The molecule has 2 aromatic rings. The summed E-state index contributed by atoms with van der Waals surface area (Å²) in [4.78, 5) is 12.0. The molecule has 1 fully saturated rings. The quantitative estimate of drug-likeness (QED) is 0.900. The van der Waals surface area contributed by atoms with E-state index in [-0.39, 0.29) is 17.6 Å². The second-order valence-corrected chi connectivity index (χ2v) is 6.01. The number of hydrogen-bond acceptors (Lipinski definition) is 4. The molecule has 5 nitrogen and oxygen atoms in total. The Bertz CT molecular complexity index is 710. The molecular weight excluding hydrogens is 329 g/mol. The van der Waals surface area contributed by atoms with Gasteiger partial charge in [0.05, 0.1) is 35.4 Å². The van der Waals surface area contributed by atoms with Gasteiger partial charge in [-0.15, -0.1) is 11.8 Å². The number of amides is 1. The van der Waals surface area contributed by atoms with Crippen molar-refractivity contribution in [2.45, 2.75) is 12.2 Å². The molecule has 1 aliphatic rings. The Morgan fingerprint density at radius 3 is 2.96 bits per heavy atom. The van der Waals surface area contributed by atoms with E-state index in [9.17, 15) is 18.0 Å². The van der Waals surface area contributed by atoms with Crippen LogP contribution in [0, 0.1) is 0 Å². The van der Waals surface area contributed by atoms with Crippen molar-refractivity contribution in [3.8, 4) is 5.69 Å². The molecule has 23 heavy (non-hydrogen) atoms. The number of thioether (sulfide) groups is 1. The maximum atomic E-state index is 12.7. The van der Waals surface area contributed by atoms with Gasteiger partial charge in [-0.1, -0.05) is 6.07 Å². The van der Waals surface area contributed by atoms with Crippen LogP contribution in [0.2, 0.25) is 0 Å². The van der Waals surface area contributed by atoms with E-state index in [0.29, 0.717) is 11.4 Å². The zero-order valence-corrected chi connectivity index (χ0v) is 12.6. The second kappa shape index (κ2) is 6.25. The molecule has 0 saturated carbocycles. The van der Waals surface area contributed by atoms with Crippen LogP contribution in [0.15, 0.2) is 36.7 Å². The first-order chi connectivity index (χ1) is 10.9. The molecule has 3 rings (SSSR count). The minimum atomic E-state index is -4.41. The predicted molar refractivity (Wildman–Crippen MR) is 81.4 cm³/mol. The van der Waals surface area contributed by atoms with Crippen LogP contribution in [0.5, 0.6) is 0 Å². The second-order valence-electron chi connectivity index (χ2n) is 4.98. The predicted octanol–water partition coefficient (Wildman–Crippen LogP) is 2.49. The van der Waals surface area contributed by atoms with Crippen LogP contribution in [0.1, 0.15) is 5.56 Å². The summed E-state index contributed by atoms with van der Waals surface area (Å²) in [6, 6.07) is 4.57. The van der Waals surface area contributed by atoms with E-state index in [4.69, 9.17) is 0 Å². The Labute approximate surface area is 134 Å². The number of halogens is 3. The largest absolute Gasteiger partial charge is 0.416 e. The number of nitrogens with zero attached hydrogens (tertiary/aromatic N) is 2. The third kappa shape index (κ3) is 3.67. The van der Waals surface area contributed by atoms with Gasteiger partial charge in [0.1, 0.15) is 0 Å². The van der Waals surface area contributed by atoms with Gasteiger partial charge in [-0.05, 0) is 18.2 Å². The highest BCUT2D eigenvalue weighted by Crippen LogP contribution is 2.30. The first-order valence-corrected chi connectivity index (χ1v) is 7.93. The molecule has 1 amide bonds. The summed E-state index contributed by atoms with van der Waals surface area (Å²) in [5, 5.41) is 9.73. The van der Waals surface area contributed by atoms with Gasteiger partial charge in [-0.3, -0.25) is 10.1 Å². The van der Waals surface area contributed by atoms with E-state index in [2.05, 4.69) is 15.7 Å². The van der Waals surface area contributed by atoms with Crippen molar-refractivity contribution >= 4 is 23.4 Å². The number of rotatable bonds is 3. The molecule has 122 valence electrons. The Balaban J connectivity index is 1.75. The zero-order valence-electron chi connectivity index (χ0n) is 11.8. The molecule has 1 aromatic heterocycles. The summed E-state index contributed by atoms with van der Waals surface area (Å²) in [6.07, 6.45) is -1.53. The van der Waals surface area contributed by atoms with Crippen LogP contribution >= 0.6 is 11.8 Å². The minimum Gasteiger partial charge on any atom is -0.322 e. The van der Waals surface area contributed by atoms with Crippen molar-refractivity contribution in [3.63, 3.8) is 0 Å². The summed E-state index contributed by atoms with van der Waals surface area (Å²) in [5.41, 5.74) is -0.0377. The van der Waals surface area contributed by atoms with Crippen molar-refractivity contribution in [2.75, 3.05) is 16.9 Å². The van der Waals surface area contributed by atoms with Crippen LogP contribution in [-0.2, 0) is 11.0 Å². The summed E-state index contributed by atoms with van der Waals surface area (Å²) >= 11 is 1.63. The fraction of sp³-hybridized carbons (Fsp3) is 0.286. The molecule has 9 heteroatoms. The van der Waals surface area contributed by atoms with Crippen molar-refractivity contribution in [2.24, 2.45) is 0 Å². The fourth-order valence-electron chi connectivity index (χ4n) is 2.15.